The van der Waals surface area contributed by atoms with Crippen LogP contribution < -0.4 is 10.6 Å². The number of para-hydroxylation sites is 1. The van der Waals surface area contributed by atoms with Crippen LogP contribution in [0.5, 0.6) is 0 Å². The molecule has 1 N–H and O–H groups in total. The van der Waals surface area contributed by atoms with Crippen molar-refractivity contribution < 1.29 is 4.79 Å². The van der Waals surface area contributed by atoms with E-state index in [2.05, 4.69) is 53.8 Å². The summed E-state index contributed by atoms with van der Waals surface area (Å²) in [6.07, 6.45) is 13.6. The molecule has 3 aliphatic rings. The molecule has 202 valence electrons. The number of rotatable bonds is 6. The van der Waals surface area contributed by atoms with Crippen LogP contribution in [0, 0.1) is 0 Å². The SMILES string of the molecule is O=C(Nc1ccccc1)N1CC(c2ccccc2)N=C1c1ccccc1P(C1CCCCC1)C1CCCCC1. The van der Waals surface area contributed by atoms with Gasteiger partial charge in [-0.05, 0) is 60.0 Å². The van der Waals surface area contributed by atoms with Crippen molar-refractivity contribution in [2.45, 2.75) is 81.6 Å². The van der Waals surface area contributed by atoms with Crippen LogP contribution in [-0.2, 0) is 0 Å². The number of carbonyl (C=O) groups is 1. The molecule has 6 rings (SSSR count). The Labute approximate surface area is 234 Å². The minimum absolute atomic E-state index is 0.0635. The number of carbonyl (C=O) groups excluding carboxylic acids is 1. The van der Waals surface area contributed by atoms with Crippen molar-refractivity contribution >= 4 is 30.8 Å². The summed E-state index contributed by atoms with van der Waals surface area (Å²) in [4.78, 5) is 21.0. The monoisotopic (exact) mass is 537 g/mol. The second-order valence-electron chi connectivity index (χ2n) is 11.3. The van der Waals surface area contributed by atoms with Gasteiger partial charge in [-0.1, -0.05) is 119 Å². The first-order chi connectivity index (χ1) is 19.3. The molecule has 1 unspecified atom stereocenters. The van der Waals surface area contributed by atoms with Crippen molar-refractivity contribution in [2.75, 3.05) is 11.9 Å². The fraction of sp³-hybridized carbons (Fsp3) is 0.412. The average Bonchev–Trinajstić information content (AvgIpc) is 3.46. The van der Waals surface area contributed by atoms with E-state index >= 15 is 0 Å². The molecular weight excluding hydrogens is 497 g/mol. The van der Waals surface area contributed by atoms with E-state index in [1.54, 1.807) is 0 Å². The summed E-state index contributed by atoms with van der Waals surface area (Å²) >= 11 is 0. The lowest BCUT2D eigenvalue weighted by Gasteiger charge is -2.39. The smallest absolute Gasteiger partial charge is 0.308 e. The Bertz CT molecular complexity index is 1250. The van der Waals surface area contributed by atoms with Crippen molar-refractivity contribution in [2.24, 2.45) is 4.99 Å². The van der Waals surface area contributed by atoms with E-state index in [1.165, 1.54) is 75.1 Å². The highest BCUT2D eigenvalue weighted by atomic mass is 31.1. The summed E-state index contributed by atoms with van der Waals surface area (Å²) in [7, 11) is -0.323. The van der Waals surface area contributed by atoms with Gasteiger partial charge in [0.05, 0.1) is 12.6 Å². The van der Waals surface area contributed by atoms with Crippen molar-refractivity contribution in [1.29, 1.82) is 0 Å². The van der Waals surface area contributed by atoms with Gasteiger partial charge in [0.15, 0.2) is 0 Å². The third kappa shape index (κ3) is 5.97. The molecule has 4 nitrogen and oxygen atoms in total. The second kappa shape index (κ2) is 12.5. The number of anilines is 1. The van der Waals surface area contributed by atoms with Gasteiger partial charge in [0.25, 0.3) is 0 Å². The predicted molar refractivity (Wildman–Crippen MR) is 165 cm³/mol. The Kier molecular flexibility index (Phi) is 8.40. The molecule has 2 saturated carbocycles. The van der Waals surface area contributed by atoms with E-state index < -0.39 is 0 Å². The van der Waals surface area contributed by atoms with Gasteiger partial charge in [0, 0.05) is 11.3 Å². The number of nitrogens with zero attached hydrogens (tertiary/aromatic N) is 2. The normalized spacial score (nSPS) is 20.7. The maximum atomic E-state index is 13.8. The van der Waals surface area contributed by atoms with Crippen LogP contribution in [-0.4, -0.2) is 34.6 Å². The lowest BCUT2D eigenvalue weighted by molar-refractivity contribution is 0.235. The Morgan fingerprint density at radius 1 is 0.718 bits per heavy atom. The minimum atomic E-state index is -0.323. The van der Waals surface area contributed by atoms with Crippen molar-refractivity contribution in [1.82, 2.24) is 4.90 Å². The van der Waals surface area contributed by atoms with Gasteiger partial charge < -0.3 is 5.32 Å². The topological polar surface area (TPSA) is 44.7 Å². The number of amidine groups is 1. The minimum Gasteiger partial charge on any atom is -0.308 e. The van der Waals surface area contributed by atoms with Crippen molar-refractivity contribution in [3.63, 3.8) is 0 Å². The maximum absolute atomic E-state index is 13.8. The third-order valence-corrected chi connectivity index (χ3v) is 12.3. The number of aliphatic imine (C=N–C) groups is 1. The fourth-order valence-electron chi connectivity index (χ4n) is 6.78. The Morgan fingerprint density at radius 3 is 1.92 bits per heavy atom. The van der Waals surface area contributed by atoms with Crippen molar-refractivity contribution in [3.8, 4) is 0 Å². The third-order valence-electron chi connectivity index (χ3n) is 8.70. The molecule has 5 heteroatoms. The first kappa shape index (κ1) is 26.3. The molecule has 0 spiro atoms. The Morgan fingerprint density at radius 2 is 1.28 bits per heavy atom. The van der Waals surface area contributed by atoms with Crippen LogP contribution in [0.15, 0.2) is 89.9 Å². The van der Waals surface area contributed by atoms with Gasteiger partial charge in [-0.3, -0.25) is 9.89 Å². The molecule has 0 bridgehead atoms. The molecule has 0 radical (unpaired) electrons. The molecule has 1 heterocycles. The highest BCUT2D eigenvalue weighted by Gasteiger charge is 2.37. The zero-order chi connectivity index (χ0) is 26.4. The predicted octanol–water partition coefficient (Wildman–Crippen LogP) is 8.49. The molecule has 2 fully saturated rings. The van der Waals surface area contributed by atoms with Gasteiger partial charge in [-0.2, -0.15) is 0 Å². The van der Waals surface area contributed by atoms with Crippen LogP contribution in [0.3, 0.4) is 0 Å². The van der Waals surface area contributed by atoms with Gasteiger partial charge in [0.2, 0.25) is 0 Å². The molecular formula is C34H40N3OP. The Hall–Kier alpha value is -2.97. The molecule has 0 saturated heterocycles. The van der Waals surface area contributed by atoms with E-state index in [4.69, 9.17) is 4.99 Å². The van der Waals surface area contributed by atoms with Gasteiger partial charge in [-0.15, -0.1) is 0 Å². The van der Waals surface area contributed by atoms with Crippen LogP contribution in [0.2, 0.25) is 0 Å². The largest absolute Gasteiger partial charge is 0.327 e. The Balaban J connectivity index is 1.40. The summed E-state index contributed by atoms with van der Waals surface area (Å²) in [6, 6.07) is 29.0. The van der Waals surface area contributed by atoms with Gasteiger partial charge in [-0.25, -0.2) is 4.79 Å². The number of hydrogen-bond donors (Lipinski definition) is 1. The zero-order valence-corrected chi connectivity index (χ0v) is 23.7. The van der Waals surface area contributed by atoms with Crippen LogP contribution in [0.25, 0.3) is 0 Å². The first-order valence-electron chi connectivity index (χ1n) is 14.9. The van der Waals surface area contributed by atoms with Crippen LogP contribution in [0.4, 0.5) is 10.5 Å². The zero-order valence-electron chi connectivity index (χ0n) is 22.8. The number of urea groups is 1. The number of nitrogens with one attached hydrogen (secondary N) is 1. The second-order valence-corrected chi connectivity index (χ2v) is 14.1. The molecule has 1 atom stereocenters. The highest BCUT2D eigenvalue weighted by molar-refractivity contribution is 7.67. The maximum Gasteiger partial charge on any atom is 0.327 e. The van der Waals surface area contributed by atoms with E-state index in [0.717, 1.165) is 28.4 Å². The van der Waals surface area contributed by atoms with Gasteiger partial charge >= 0.3 is 6.03 Å². The first-order valence-corrected chi connectivity index (χ1v) is 16.4. The average molecular weight is 538 g/mol. The van der Waals surface area contributed by atoms with Crippen LogP contribution in [0.1, 0.15) is 81.4 Å². The summed E-state index contributed by atoms with van der Waals surface area (Å²) in [5.41, 5.74) is 4.73. The summed E-state index contributed by atoms with van der Waals surface area (Å²) in [5.74, 6) is 0.840. The highest BCUT2D eigenvalue weighted by Crippen LogP contribution is 2.55. The molecule has 39 heavy (non-hydrogen) atoms. The van der Waals surface area contributed by atoms with E-state index in [-0.39, 0.29) is 20.0 Å². The molecule has 2 aliphatic carbocycles. The fourth-order valence-corrected chi connectivity index (χ4v) is 10.7. The van der Waals surface area contributed by atoms with Crippen molar-refractivity contribution in [3.05, 3.63) is 96.1 Å². The number of hydrogen-bond acceptors (Lipinski definition) is 2. The summed E-state index contributed by atoms with van der Waals surface area (Å²) in [5, 5.41) is 4.63. The molecule has 3 aromatic carbocycles. The van der Waals surface area contributed by atoms with Crippen LogP contribution >= 0.6 is 7.92 Å². The summed E-state index contributed by atoms with van der Waals surface area (Å²) < 4.78 is 0. The quantitative estimate of drug-likeness (QED) is 0.315. The number of benzene rings is 3. The standard InChI is InChI=1S/C34H40N3OP/c38-34(35-27-17-7-2-8-18-27)37-25-31(26-15-5-1-6-16-26)36-33(37)30-23-13-14-24-32(30)39(28-19-9-3-10-20-28)29-21-11-4-12-22-29/h1-2,5-8,13-18,23-24,28-29,31H,3-4,9-12,19-22,25H2,(H,35,38). The molecule has 3 aromatic rings. The van der Waals surface area contributed by atoms with E-state index in [0.29, 0.717) is 6.54 Å². The lowest BCUT2D eigenvalue weighted by atomic mass is 9.99. The van der Waals surface area contributed by atoms with Gasteiger partial charge in [0.1, 0.15) is 5.84 Å². The summed E-state index contributed by atoms with van der Waals surface area (Å²) in [6.45, 7) is 0.553. The van der Waals surface area contributed by atoms with E-state index in [9.17, 15) is 4.79 Å². The molecule has 2 amide bonds. The van der Waals surface area contributed by atoms with E-state index in [1.807, 2.05) is 41.3 Å². The molecule has 0 aromatic heterocycles. The number of amides is 2. The molecule has 1 aliphatic heterocycles. The lowest BCUT2D eigenvalue weighted by Crippen LogP contribution is -2.40.